The molecule has 1 fully saturated rings. The van der Waals surface area contributed by atoms with Crippen molar-refractivity contribution >= 4 is 16.6 Å². The number of non-ortho nitro benzene ring substituents is 1. The first-order valence-corrected chi connectivity index (χ1v) is 10.6. The molecule has 2 heterocycles. The van der Waals surface area contributed by atoms with Crippen molar-refractivity contribution in [3.05, 3.63) is 76.0 Å². The third-order valence-corrected chi connectivity index (χ3v) is 5.96. The van der Waals surface area contributed by atoms with E-state index in [1.54, 1.807) is 12.1 Å². The van der Waals surface area contributed by atoms with Crippen LogP contribution < -0.4 is 5.32 Å². The van der Waals surface area contributed by atoms with Crippen LogP contribution in [0, 0.1) is 10.1 Å². The van der Waals surface area contributed by atoms with Crippen molar-refractivity contribution in [2.75, 3.05) is 19.7 Å². The van der Waals surface area contributed by atoms with Gasteiger partial charge in [-0.1, -0.05) is 30.3 Å². The third-order valence-electron chi connectivity index (χ3n) is 5.96. The lowest BCUT2D eigenvalue weighted by Crippen LogP contribution is -2.50. The van der Waals surface area contributed by atoms with Crippen LogP contribution in [0.25, 0.3) is 10.9 Å². The van der Waals surface area contributed by atoms with E-state index in [2.05, 4.69) is 5.32 Å². The Morgan fingerprint density at radius 1 is 1.21 bits per heavy atom. The Balaban J connectivity index is 1.76. The Morgan fingerprint density at radius 2 is 1.97 bits per heavy atom. The number of fused-ring (bicyclic) bond motifs is 1. The minimum absolute atomic E-state index is 0.107. The van der Waals surface area contributed by atoms with Crippen molar-refractivity contribution in [3.63, 3.8) is 0 Å². The highest BCUT2D eigenvalue weighted by Gasteiger charge is 2.56. The molecular weight excluding hydrogens is 439 g/mol. The van der Waals surface area contributed by atoms with E-state index < -0.39 is 23.2 Å². The van der Waals surface area contributed by atoms with Crippen molar-refractivity contribution in [2.45, 2.75) is 37.3 Å². The molecule has 0 saturated carbocycles. The average molecular weight is 463 g/mol. The first kappa shape index (κ1) is 23.2. The van der Waals surface area contributed by atoms with Crippen LogP contribution in [0.2, 0.25) is 0 Å². The summed E-state index contributed by atoms with van der Waals surface area (Å²) in [6, 6.07) is 12.7. The summed E-state index contributed by atoms with van der Waals surface area (Å²) in [7, 11) is 0. The zero-order valence-electron chi connectivity index (χ0n) is 17.7. The second-order valence-electron chi connectivity index (χ2n) is 8.24. The molecule has 176 valence electrons. The van der Waals surface area contributed by atoms with Gasteiger partial charge in [-0.3, -0.25) is 10.1 Å². The van der Waals surface area contributed by atoms with Crippen molar-refractivity contribution in [2.24, 2.45) is 0 Å². The fraction of sp³-hybridized carbons (Fsp3) is 0.391. The van der Waals surface area contributed by atoms with Crippen LogP contribution in [0.1, 0.15) is 24.0 Å². The molecule has 0 amide bonds. The van der Waals surface area contributed by atoms with E-state index in [0.29, 0.717) is 6.61 Å². The van der Waals surface area contributed by atoms with Gasteiger partial charge in [0.1, 0.15) is 0 Å². The highest BCUT2D eigenvalue weighted by atomic mass is 19.4. The van der Waals surface area contributed by atoms with E-state index >= 15 is 0 Å². The zero-order valence-corrected chi connectivity index (χ0v) is 17.7. The summed E-state index contributed by atoms with van der Waals surface area (Å²) in [6.07, 6.45) is -2.34. The summed E-state index contributed by atoms with van der Waals surface area (Å²) in [5.74, 6) is 0. The summed E-state index contributed by atoms with van der Waals surface area (Å²) in [5.41, 5.74) is -2.74. The summed E-state index contributed by atoms with van der Waals surface area (Å²) < 4.78 is 49.6. The molecule has 1 aromatic heterocycles. The summed E-state index contributed by atoms with van der Waals surface area (Å²) in [5, 5.41) is 25.1. The first-order chi connectivity index (χ1) is 15.7. The number of nitrogens with one attached hydrogen (secondary N) is 1. The molecule has 0 radical (unpaired) electrons. The number of aromatic nitrogens is 1. The Morgan fingerprint density at radius 3 is 2.61 bits per heavy atom. The van der Waals surface area contributed by atoms with E-state index in [4.69, 9.17) is 4.74 Å². The van der Waals surface area contributed by atoms with Gasteiger partial charge in [0.25, 0.3) is 5.69 Å². The molecule has 0 bridgehead atoms. The van der Waals surface area contributed by atoms with Gasteiger partial charge in [0.05, 0.1) is 16.5 Å². The van der Waals surface area contributed by atoms with E-state index in [-0.39, 0.29) is 41.3 Å². The van der Waals surface area contributed by atoms with Gasteiger partial charge in [-0.15, -0.1) is 0 Å². The quantitative estimate of drug-likeness (QED) is 0.388. The molecule has 4 rings (SSSR count). The van der Waals surface area contributed by atoms with Gasteiger partial charge in [0.2, 0.25) is 0 Å². The fourth-order valence-corrected chi connectivity index (χ4v) is 4.20. The van der Waals surface area contributed by atoms with Crippen molar-refractivity contribution in [3.8, 4) is 0 Å². The summed E-state index contributed by atoms with van der Waals surface area (Å²) in [6.45, 7) is 0.182. The predicted molar refractivity (Wildman–Crippen MR) is 116 cm³/mol. The maximum Gasteiger partial charge on any atom is 0.422 e. The molecule has 10 heteroatoms. The molecular formula is C23H24F3N3O4. The second kappa shape index (κ2) is 9.12. The number of rotatable bonds is 8. The smallest absolute Gasteiger partial charge is 0.377 e. The Bertz CT molecular complexity index is 1130. The Hall–Kier alpha value is -2.95. The molecule has 7 nitrogen and oxygen atoms in total. The van der Waals surface area contributed by atoms with Gasteiger partial charge in [0, 0.05) is 55.5 Å². The maximum absolute atomic E-state index is 14.2. The molecule has 1 aliphatic heterocycles. The Labute approximate surface area is 187 Å². The molecule has 0 spiro atoms. The van der Waals surface area contributed by atoms with Gasteiger partial charge >= 0.3 is 6.18 Å². The van der Waals surface area contributed by atoms with Crippen molar-refractivity contribution in [1.29, 1.82) is 0 Å². The van der Waals surface area contributed by atoms with Crippen molar-refractivity contribution < 1.29 is 27.9 Å². The molecule has 2 aromatic carbocycles. The molecule has 1 aliphatic rings. The van der Waals surface area contributed by atoms with Crippen LogP contribution in [-0.4, -0.2) is 46.6 Å². The average Bonchev–Trinajstić information content (AvgIpc) is 3.41. The van der Waals surface area contributed by atoms with Crippen LogP contribution in [0.3, 0.4) is 0 Å². The number of nitro groups is 1. The number of hydrogen-bond acceptors (Lipinski definition) is 5. The van der Waals surface area contributed by atoms with Crippen LogP contribution >= 0.6 is 0 Å². The summed E-state index contributed by atoms with van der Waals surface area (Å²) >= 11 is 0. The van der Waals surface area contributed by atoms with Crippen LogP contribution in [-0.2, 0) is 16.9 Å². The number of nitrogens with zero attached hydrogens (tertiary/aromatic N) is 2. The van der Waals surface area contributed by atoms with Gasteiger partial charge < -0.3 is 19.7 Å². The number of ether oxygens (including phenoxy) is 1. The van der Waals surface area contributed by atoms with Crippen LogP contribution in [0.15, 0.2) is 54.7 Å². The van der Waals surface area contributed by atoms with Gasteiger partial charge in [-0.05, 0) is 24.5 Å². The number of aliphatic hydroxyl groups is 1. The van der Waals surface area contributed by atoms with Crippen LogP contribution in [0.4, 0.5) is 18.9 Å². The largest absolute Gasteiger partial charge is 0.422 e. The monoisotopic (exact) mass is 463 g/mol. The van der Waals surface area contributed by atoms with E-state index in [1.165, 1.54) is 22.9 Å². The molecule has 2 unspecified atom stereocenters. The highest BCUT2D eigenvalue weighted by Crippen LogP contribution is 2.43. The predicted octanol–water partition coefficient (Wildman–Crippen LogP) is 4.12. The first-order valence-electron chi connectivity index (χ1n) is 10.6. The third kappa shape index (κ3) is 4.73. The van der Waals surface area contributed by atoms with Crippen LogP contribution in [0.5, 0.6) is 0 Å². The lowest BCUT2D eigenvalue weighted by atomic mass is 9.92. The number of benzene rings is 2. The molecule has 2 N–H and O–H groups in total. The number of alkyl halides is 3. The minimum Gasteiger partial charge on any atom is -0.377 e. The normalized spacial score (nSPS) is 18.5. The maximum atomic E-state index is 14.2. The number of hydrogen-bond donors (Lipinski definition) is 2. The number of halogens is 3. The summed E-state index contributed by atoms with van der Waals surface area (Å²) in [4.78, 5) is 10.7. The van der Waals surface area contributed by atoms with Gasteiger partial charge in [-0.25, -0.2) is 0 Å². The molecule has 0 aliphatic carbocycles. The van der Waals surface area contributed by atoms with E-state index in [0.717, 1.165) is 24.5 Å². The van der Waals surface area contributed by atoms with Crippen molar-refractivity contribution in [1.82, 2.24) is 9.88 Å². The highest BCUT2D eigenvalue weighted by molar-refractivity contribution is 5.87. The van der Waals surface area contributed by atoms with Gasteiger partial charge in [0.15, 0.2) is 5.60 Å². The molecule has 3 aromatic rings. The number of nitro benzene ring substituents is 1. The Kier molecular flexibility index (Phi) is 6.42. The molecule has 1 saturated heterocycles. The minimum atomic E-state index is -4.98. The lowest BCUT2D eigenvalue weighted by molar-refractivity contribution is -0.384. The second-order valence-corrected chi connectivity index (χ2v) is 8.24. The SMILES string of the molecule is O=[N+]([O-])c1ccc2c(C(O)(CNCC3CCCO3)C(F)(F)F)cn(Cc3ccccc3)c2c1. The van der Waals surface area contributed by atoms with Gasteiger partial charge in [-0.2, -0.15) is 13.2 Å². The van der Waals surface area contributed by atoms with E-state index in [1.807, 2.05) is 18.2 Å². The molecule has 2 atom stereocenters. The zero-order chi connectivity index (χ0) is 23.6. The standard InChI is InChI=1S/C23H24F3N3O4/c24-23(25,26)22(30,15-27-12-18-7-4-10-33-18)20-14-28(13-16-5-2-1-3-6-16)21-11-17(29(31)32)8-9-19(20)21/h1-3,5-6,8-9,11,14,18,27,30H,4,7,10,12-13,15H2. The topological polar surface area (TPSA) is 89.6 Å². The fourth-order valence-electron chi connectivity index (χ4n) is 4.20. The lowest BCUT2D eigenvalue weighted by Gasteiger charge is -2.31. The molecule has 33 heavy (non-hydrogen) atoms. The van der Waals surface area contributed by atoms with E-state index in [9.17, 15) is 28.4 Å².